The summed E-state index contributed by atoms with van der Waals surface area (Å²) in [6.45, 7) is 4.09. The molecule has 122 valence electrons. The van der Waals surface area contributed by atoms with Crippen molar-refractivity contribution >= 4 is 27.8 Å². The summed E-state index contributed by atoms with van der Waals surface area (Å²) >= 11 is 3.18. The van der Waals surface area contributed by atoms with Crippen LogP contribution in [0.15, 0.2) is 0 Å². The quantitative estimate of drug-likeness (QED) is 0.358. The van der Waals surface area contributed by atoms with Crippen LogP contribution in [0.1, 0.15) is 58.3 Å². The minimum atomic E-state index is -0.0745. The molecule has 1 saturated heterocycles. The molecule has 1 heterocycles. The SMILES string of the molecule is CCCCCCCCOC(=O)C1CCN(C(=O)CBr)CC1. The molecule has 0 atom stereocenters. The van der Waals surface area contributed by atoms with Crippen LogP contribution in [-0.2, 0) is 14.3 Å². The van der Waals surface area contributed by atoms with E-state index >= 15 is 0 Å². The lowest BCUT2D eigenvalue weighted by Gasteiger charge is -2.30. The largest absolute Gasteiger partial charge is 0.465 e. The van der Waals surface area contributed by atoms with Crippen LogP contribution in [0.4, 0.5) is 0 Å². The Bertz CT molecular complexity index is 315. The van der Waals surface area contributed by atoms with Crippen LogP contribution >= 0.6 is 15.9 Å². The standard InChI is InChI=1S/C16H28BrNO3/c1-2-3-4-5-6-7-12-21-16(20)14-8-10-18(11-9-14)15(19)13-17/h14H,2-13H2,1H3. The molecule has 1 aliphatic rings. The Morgan fingerprint density at radius 3 is 2.33 bits per heavy atom. The highest BCUT2D eigenvalue weighted by atomic mass is 79.9. The smallest absolute Gasteiger partial charge is 0.309 e. The van der Waals surface area contributed by atoms with Crippen LogP contribution in [0.3, 0.4) is 0 Å². The fraction of sp³-hybridized carbons (Fsp3) is 0.875. The number of amides is 1. The number of piperidine rings is 1. The number of unbranched alkanes of at least 4 members (excludes halogenated alkanes) is 5. The molecule has 0 bridgehead atoms. The van der Waals surface area contributed by atoms with E-state index in [0.29, 0.717) is 25.0 Å². The number of nitrogens with zero attached hydrogens (tertiary/aromatic N) is 1. The molecule has 0 aromatic heterocycles. The molecule has 4 nitrogen and oxygen atoms in total. The van der Waals surface area contributed by atoms with Gasteiger partial charge in [-0.25, -0.2) is 0 Å². The summed E-state index contributed by atoms with van der Waals surface area (Å²) in [5, 5.41) is 0.361. The van der Waals surface area contributed by atoms with Crippen molar-refractivity contribution < 1.29 is 14.3 Å². The lowest BCUT2D eigenvalue weighted by molar-refractivity contribution is -0.151. The van der Waals surface area contributed by atoms with Crippen LogP contribution in [0, 0.1) is 5.92 Å². The highest BCUT2D eigenvalue weighted by Crippen LogP contribution is 2.19. The highest BCUT2D eigenvalue weighted by Gasteiger charge is 2.27. The van der Waals surface area contributed by atoms with Gasteiger partial charge in [0.15, 0.2) is 0 Å². The number of esters is 1. The Kier molecular flexibility index (Phi) is 9.72. The average Bonchev–Trinajstić information content (AvgIpc) is 2.53. The Morgan fingerprint density at radius 2 is 1.71 bits per heavy atom. The molecule has 5 heteroatoms. The predicted molar refractivity (Wildman–Crippen MR) is 87.4 cm³/mol. The molecule has 0 radical (unpaired) electrons. The first-order valence-electron chi connectivity index (χ1n) is 8.19. The van der Waals surface area contributed by atoms with Gasteiger partial charge in [0, 0.05) is 13.1 Å². The molecular formula is C16H28BrNO3. The topological polar surface area (TPSA) is 46.6 Å². The van der Waals surface area contributed by atoms with E-state index in [1.807, 2.05) is 4.90 Å². The molecule has 0 saturated carbocycles. The lowest BCUT2D eigenvalue weighted by atomic mass is 9.97. The van der Waals surface area contributed by atoms with Gasteiger partial charge in [0.25, 0.3) is 0 Å². The molecule has 0 unspecified atom stereocenters. The molecule has 0 spiro atoms. The molecular weight excluding hydrogens is 334 g/mol. The Balaban J connectivity index is 2.07. The zero-order chi connectivity index (χ0) is 15.5. The van der Waals surface area contributed by atoms with Crippen molar-refractivity contribution in [2.24, 2.45) is 5.92 Å². The third-order valence-corrected chi connectivity index (χ3v) is 4.52. The van der Waals surface area contributed by atoms with Crippen molar-refractivity contribution in [3.8, 4) is 0 Å². The zero-order valence-electron chi connectivity index (χ0n) is 13.1. The summed E-state index contributed by atoms with van der Waals surface area (Å²) in [4.78, 5) is 25.3. The Morgan fingerprint density at radius 1 is 1.10 bits per heavy atom. The van der Waals surface area contributed by atoms with Gasteiger partial charge >= 0.3 is 5.97 Å². The second-order valence-electron chi connectivity index (χ2n) is 5.72. The van der Waals surface area contributed by atoms with Gasteiger partial charge in [0.1, 0.15) is 0 Å². The molecule has 0 N–H and O–H groups in total. The first-order valence-corrected chi connectivity index (χ1v) is 9.31. The number of ether oxygens (including phenoxy) is 1. The summed E-state index contributed by atoms with van der Waals surface area (Å²) in [5.74, 6) is 0.00728. The second kappa shape index (κ2) is 11.0. The van der Waals surface area contributed by atoms with Crippen molar-refractivity contribution in [3.63, 3.8) is 0 Å². The number of likely N-dealkylation sites (tertiary alicyclic amines) is 1. The summed E-state index contributed by atoms with van der Waals surface area (Å²) in [7, 11) is 0. The molecule has 21 heavy (non-hydrogen) atoms. The Labute approximate surface area is 136 Å². The van der Waals surface area contributed by atoms with Crippen LogP contribution in [0.5, 0.6) is 0 Å². The fourth-order valence-electron chi connectivity index (χ4n) is 2.62. The van der Waals surface area contributed by atoms with Crippen LogP contribution in [0.2, 0.25) is 0 Å². The van der Waals surface area contributed by atoms with Gasteiger partial charge in [-0.2, -0.15) is 0 Å². The maximum absolute atomic E-state index is 11.9. The summed E-state index contributed by atoms with van der Waals surface area (Å²) in [5.41, 5.74) is 0. The number of hydrogen-bond acceptors (Lipinski definition) is 3. The number of carbonyl (C=O) groups is 2. The van der Waals surface area contributed by atoms with Crippen LogP contribution < -0.4 is 0 Å². The number of halogens is 1. The number of rotatable bonds is 9. The number of carbonyl (C=O) groups excluding carboxylic acids is 2. The van der Waals surface area contributed by atoms with Gasteiger partial charge in [-0.1, -0.05) is 55.0 Å². The maximum atomic E-state index is 11.9. The lowest BCUT2D eigenvalue weighted by Crippen LogP contribution is -2.41. The van der Waals surface area contributed by atoms with Gasteiger partial charge in [-0.05, 0) is 19.3 Å². The molecule has 0 aliphatic carbocycles. The normalized spacial score (nSPS) is 16.0. The Hall–Kier alpha value is -0.580. The van der Waals surface area contributed by atoms with Crippen molar-refractivity contribution in [1.82, 2.24) is 4.90 Å². The average molecular weight is 362 g/mol. The predicted octanol–water partition coefficient (Wildman–Crippen LogP) is 3.52. The number of hydrogen-bond donors (Lipinski definition) is 0. The summed E-state index contributed by atoms with van der Waals surface area (Å²) < 4.78 is 5.36. The van der Waals surface area contributed by atoms with E-state index in [2.05, 4.69) is 22.9 Å². The number of alkyl halides is 1. The molecule has 0 aromatic carbocycles. The van der Waals surface area contributed by atoms with E-state index in [0.717, 1.165) is 25.7 Å². The first-order chi connectivity index (χ1) is 10.2. The minimum absolute atomic E-state index is 0.0236. The van der Waals surface area contributed by atoms with E-state index in [1.165, 1.54) is 25.7 Å². The third-order valence-electron chi connectivity index (χ3n) is 4.04. The second-order valence-corrected chi connectivity index (χ2v) is 6.28. The molecule has 0 aromatic rings. The summed E-state index contributed by atoms with van der Waals surface area (Å²) in [6.07, 6.45) is 8.64. The molecule has 1 aliphatic heterocycles. The molecule has 1 amide bonds. The third kappa shape index (κ3) is 7.30. The van der Waals surface area contributed by atoms with Gasteiger partial charge in [-0.3, -0.25) is 9.59 Å². The van der Waals surface area contributed by atoms with Crippen molar-refractivity contribution in [1.29, 1.82) is 0 Å². The van der Waals surface area contributed by atoms with E-state index < -0.39 is 0 Å². The van der Waals surface area contributed by atoms with Gasteiger partial charge < -0.3 is 9.64 Å². The van der Waals surface area contributed by atoms with Gasteiger partial charge in [0.2, 0.25) is 5.91 Å². The van der Waals surface area contributed by atoms with E-state index in [-0.39, 0.29) is 17.8 Å². The van der Waals surface area contributed by atoms with Crippen molar-refractivity contribution in [3.05, 3.63) is 0 Å². The minimum Gasteiger partial charge on any atom is -0.465 e. The summed E-state index contributed by atoms with van der Waals surface area (Å²) in [6, 6.07) is 0. The molecule has 1 fully saturated rings. The molecule has 1 rings (SSSR count). The zero-order valence-corrected chi connectivity index (χ0v) is 14.7. The van der Waals surface area contributed by atoms with Crippen molar-refractivity contribution in [2.75, 3.05) is 25.0 Å². The fourth-order valence-corrected chi connectivity index (χ4v) is 2.98. The van der Waals surface area contributed by atoms with Gasteiger partial charge in [0.05, 0.1) is 17.9 Å². The first kappa shape index (κ1) is 18.5. The van der Waals surface area contributed by atoms with Crippen LogP contribution in [-0.4, -0.2) is 41.8 Å². The maximum Gasteiger partial charge on any atom is 0.309 e. The van der Waals surface area contributed by atoms with E-state index in [9.17, 15) is 9.59 Å². The highest BCUT2D eigenvalue weighted by molar-refractivity contribution is 9.09. The van der Waals surface area contributed by atoms with Gasteiger partial charge in [-0.15, -0.1) is 0 Å². The monoisotopic (exact) mass is 361 g/mol. The van der Waals surface area contributed by atoms with E-state index in [4.69, 9.17) is 4.74 Å². The van der Waals surface area contributed by atoms with E-state index in [1.54, 1.807) is 0 Å². The van der Waals surface area contributed by atoms with Crippen molar-refractivity contribution in [2.45, 2.75) is 58.3 Å². The van der Waals surface area contributed by atoms with Crippen LogP contribution in [0.25, 0.3) is 0 Å².